The van der Waals surface area contributed by atoms with Crippen molar-refractivity contribution in [3.63, 3.8) is 0 Å². The number of nitrogens with zero attached hydrogens (tertiary/aromatic N) is 3. The fourth-order valence-electron chi connectivity index (χ4n) is 2.31. The SMILES string of the molecule is CCCC[C@H](NC(=O)CCn1nc(C)c([N+](=O)[O-])c1C)C(=O)O. The lowest BCUT2D eigenvalue weighted by molar-refractivity contribution is -0.386. The number of carboxylic acid groups (broad SMARTS) is 1. The van der Waals surface area contributed by atoms with Crippen LogP contribution in [0.2, 0.25) is 0 Å². The van der Waals surface area contributed by atoms with Gasteiger partial charge in [0, 0.05) is 6.42 Å². The number of aromatic nitrogens is 2. The summed E-state index contributed by atoms with van der Waals surface area (Å²) in [5.74, 6) is -1.47. The van der Waals surface area contributed by atoms with E-state index in [2.05, 4.69) is 10.4 Å². The Morgan fingerprint density at radius 2 is 2.09 bits per heavy atom. The number of hydrogen-bond donors (Lipinski definition) is 2. The normalized spacial score (nSPS) is 12.0. The lowest BCUT2D eigenvalue weighted by Gasteiger charge is -2.14. The van der Waals surface area contributed by atoms with Crippen LogP contribution in [-0.2, 0) is 16.1 Å². The van der Waals surface area contributed by atoms with Gasteiger partial charge in [-0.25, -0.2) is 4.79 Å². The lowest BCUT2D eigenvalue weighted by Crippen LogP contribution is -2.41. The van der Waals surface area contributed by atoms with E-state index in [1.165, 1.54) is 11.6 Å². The van der Waals surface area contributed by atoms with Crippen LogP contribution in [0, 0.1) is 24.0 Å². The second-order valence-electron chi connectivity index (χ2n) is 5.35. The van der Waals surface area contributed by atoms with Crippen molar-refractivity contribution in [2.45, 2.75) is 59.0 Å². The monoisotopic (exact) mass is 326 g/mol. The molecule has 0 aromatic carbocycles. The van der Waals surface area contributed by atoms with Gasteiger partial charge in [-0.2, -0.15) is 5.10 Å². The van der Waals surface area contributed by atoms with E-state index in [-0.39, 0.29) is 18.7 Å². The highest BCUT2D eigenvalue weighted by molar-refractivity contribution is 5.83. The molecule has 1 amide bonds. The predicted octanol–water partition coefficient (Wildman–Crippen LogP) is 1.56. The smallest absolute Gasteiger partial charge is 0.326 e. The summed E-state index contributed by atoms with van der Waals surface area (Å²) in [5.41, 5.74) is 0.608. The molecule has 1 rings (SSSR count). The van der Waals surface area contributed by atoms with Crippen molar-refractivity contribution in [3.8, 4) is 0 Å². The second kappa shape index (κ2) is 8.25. The Bertz CT molecular complexity index is 596. The summed E-state index contributed by atoms with van der Waals surface area (Å²) in [7, 11) is 0. The van der Waals surface area contributed by atoms with Gasteiger partial charge in [0.1, 0.15) is 17.4 Å². The molecule has 0 bridgehead atoms. The number of aliphatic carboxylic acids is 1. The Labute approximate surface area is 133 Å². The first-order chi connectivity index (χ1) is 10.8. The largest absolute Gasteiger partial charge is 0.480 e. The van der Waals surface area contributed by atoms with Gasteiger partial charge in [0.05, 0.1) is 11.5 Å². The Morgan fingerprint density at radius 1 is 1.43 bits per heavy atom. The van der Waals surface area contributed by atoms with Crippen LogP contribution in [0.1, 0.15) is 44.0 Å². The molecule has 1 aromatic heterocycles. The van der Waals surface area contributed by atoms with Crippen molar-refractivity contribution >= 4 is 17.6 Å². The fourth-order valence-corrected chi connectivity index (χ4v) is 2.31. The maximum absolute atomic E-state index is 11.9. The molecule has 0 radical (unpaired) electrons. The molecule has 0 spiro atoms. The second-order valence-corrected chi connectivity index (χ2v) is 5.35. The molecule has 0 aliphatic heterocycles. The zero-order chi connectivity index (χ0) is 17.6. The van der Waals surface area contributed by atoms with Crippen LogP contribution in [0.5, 0.6) is 0 Å². The summed E-state index contributed by atoms with van der Waals surface area (Å²) < 4.78 is 1.40. The topological polar surface area (TPSA) is 127 Å². The quantitative estimate of drug-likeness (QED) is 0.523. The van der Waals surface area contributed by atoms with Crippen LogP contribution in [0.3, 0.4) is 0 Å². The first-order valence-corrected chi connectivity index (χ1v) is 7.48. The van der Waals surface area contributed by atoms with Gasteiger partial charge in [-0.15, -0.1) is 0 Å². The molecular weight excluding hydrogens is 304 g/mol. The fraction of sp³-hybridized carbons (Fsp3) is 0.643. The van der Waals surface area contributed by atoms with Crippen LogP contribution in [0.15, 0.2) is 0 Å². The summed E-state index contributed by atoms with van der Waals surface area (Å²) in [4.78, 5) is 33.4. The first kappa shape index (κ1) is 18.6. The number of carboxylic acids is 1. The first-order valence-electron chi connectivity index (χ1n) is 7.48. The number of carbonyl (C=O) groups excluding carboxylic acids is 1. The molecule has 0 saturated carbocycles. The molecule has 0 saturated heterocycles. The van der Waals surface area contributed by atoms with E-state index in [0.29, 0.717) is 24.2 Å². The summed E-state index contributed by atoms with van der Waals surface area (Å²) in [6, 6.07) is -0.905. The minimum atomic E-state index is -1.06. The lowest BCUT2D eigenvalue weighted by atomic mass is 10.1. The number of unbranched alkanes of at least 4 members (excludes halogenated alkanes) is 1. The van der Waals surface area contributed by atoms with Crippen LogP contribution >= 0.6 is 0 Å². The third kappa shape index (κ3) is 5.04. The number of nitro groups is 1. The maximum atomic E-state index is 11.9. The van der Waals surface area contributed by atoms with Crippen LogP contribution in [0.25, 0.3) is 0 Å². The molecule has 0 aliphatic rings. The van der Waals surface area contributed by atoms with E-state index >= 15 is 0 Å². The van der Waals surface area contributed by atoms with Crippen molar-refractivity contribution < 1.29 is 19.6 Å². The van der Waals surface area contributed by atoms with E-state index in [1.54, 1.807) is 6.92 Å². The molecule has 0 fully saturated rings. The zero-order valence-electron chi connectivity index (χ0n) is 13.5. The highest BCUT2D eigenvalue weighted by atomic mass is 16.6. The van der Waals surface area contributed by atoms with Gasteiger partial charge in [0.15, 0.2) is 0 Å². The van der Waals surface area contributed by atoms with Crippen LogP contribution < -0.4 is 5.32 Å². The van der Waals surface area contributed by atoms with E-state index in [1.807, 2.05) is 6.92 Å². The Hall–Kier alpha value is -2.45. The van der Waals surface area contributed by atoms with Crippen molar-refractivity contribution in [2.24, 2.45) is 0 Å². The number of hydrogen-bond acceptors (Lipinski definition) is 5. The zero-order valence-corrected chi connectivity index (χ0v) is 13.5. The van der Waals surface area contributed by atoms with Gasteiger partial charge in [-0.1, -0.05) is 19.8 Å². The molecule has 1 heterocycles. The van der Waals surface area contributed by atoms with Gasteiger partial charge in [0.2, 0.25) is 5.91 Å². The van der Waals surface area contributed by atoms with Gasteiger partial charge in [0.25, 0.3) is 0 Å². The van der Waals surface area contributed by atoms with Gasteiger partial charge < -0.3 is 10.4 Å². The highest BCUT2D eigenvalue weighted by Crippen LogP contribution is 2.21. The van der Waals surface area contributed by atoms with E-state index in [4.69, 9.17) is 5.11 Å². The summed E-state index contributed by atoms with van der Waals surface area (Å²) in [6.07, 6.45) is 1.94. The molecule has 9 nitrogen and oxygen atoms in total. The van der Waals surface area contributed by atoms with Crippen LogP contribution in [-0.4, -0.2) is 37.7 Å². The summed E-state index contributed by atoms with van der Waals surface area (Å²) in [5, 5.41) is 26.5. The Balaban J connectivity index is 2.64. The standard InChI is InChI=1S/C14H22N4O5/c1-4-5-6-11(14(20)21)15-12(19)7-8-17-10(3)13(18(22)23)9(2)16-17/h11H,4-8H2,1-3H3,(H,15,19)(H,20,21)/t11-/m0/s1. The van der Waals surface area contributed by atoms with Crippen molar-refractivity contribution in [1.82, 2.24) is 15.1 Å². The minimum absolute atomic E-state index is 0.00895. The van der Waals surface area contributed by atoms with E-state index in [9.17, 15) is 19.7 Å². The average Bonchev–Trinajstić information content (AvgIpc) is 2.75. The molecule has 1 aromatic rings. The molecule has 0 unspecified atom stereocenters. The summed E-state index contributed by atoms with van der Waals surface area (Å²) in [6.45, 7) is 5.20. The molecular formula is C14H22N4O5. The molecule has 128 valence electrons. The van der Waals surface area contributed by atoms with E-state index < -0.39 is 22.8 Å². The number of aryl methyl sites for hydroxylation is 2. The third-order valence-electron chi connectivity index (χ3n) is 3.56. The number of nitrogens with one attached hydrogen (secondary N) is 1. The summed E-state index contributed by atoms with van der Waals surface area (Å²) >= 11 is 0. The van der Waals surface area contributed by atoms with Gasteiger partial charge in [-0.05, 0) is 20.3 Å². The predicted molar refractivity (Wildman–Crippen MR) is 82.1 cm³/mol. The highest BCUT2D eigenvalue weighted by Gasteiger charge is 2.23. The molecule has 1 atom stereocenters. The van der Waals surface area contributed by atoms with Crippen molar-refractivity contribution in [1.29, 1.82) is 0 Å². The minimum Gasteiger partial charge on any atom is -0.480 e. The average molecular weight is 326 g/mol. The molecule has 0 aliphatic carbocycles. The third-order valence-corrected chi connectivity index (χ3v) is 3.56. The van der Waals surface area contributed by atoms with Crippen LogP contribution in [0.4, 0.5) is 5.69 Å². The number of amides is 1. The molecule has 23 heavy (non-hydrogen) atoms. The Morgan fingerprint density at radius 3 is 2.57 bits per heavy atom. The van der Waals surface area contributed by atoms with Crippen molar-refractivity contribution in [3.05, 3.63) is 21.5 Å². The number of rotatable bonds is 9. The van der Waals surface area contributed by atoms with Gasteiger partial charge in [-0.3, -0.25) is 19.6 Å². The number of carbonyl (C=O) groups is 2. The van der Waals surface area contributed by atoms with Crippen molar-refractivity contribution in [2.75, 3.05) is 0 Å². The van der Waals surface area contributed by atoms with E-state index in [0.717, 1.165) is 6.42 Å². The molecule has 9 heteroatoms. The maximum Gasteiger partial charge on any atom is 0.326 e. The molecule has 2 N–H and O–H groups in total. The Kier molecular flexibility index (Phi) is 6.67. The van der Waals surface area contributed by atoms with Gasteiger partial charge >= 0.3 is 11.7 Å².